The molecule has 0 aromatic carbocycles. The van der Waals surface area contributed by atoms with E-state index in [-0.39, 0.29) is 6.10 Å². The molecule has 0 amide bonds. The van der Waals surface area contributed by atoms with Gasteiger partial charge in [0.15, 0.2) is 0 Å². The van der Waals surface area contributed by atoms with Gasteiger partial charge >= 0.3 is 0 Å². The summed E-state index contributed by atoms with van der Waals surface area (Å²) >= 11 is 0. The summed E-state index contributed by atoms with van der Waals surface area (Å²) in [6, 6.07) is 0. The van der Waals surface area contributed by atoms with Crippen LogP contribution in [-0.4, -0.2) is 11.2 Å². The molecule has 0 aliphatic heterocycles. The van der Waals surface area contributed by atoms with Gasteiger partial charge in [0.2, 0.25) is 0 Å². The summed E-state index contributed by atoms with van der Waals surface area (Å²) in [5.74, 6) is 4.09. The van der Waals surface area contributed by atoms with E-state index in [0.717, 1.165) is 36.5 Å². The summed E-state index contributed by atoms with van der Waals surface area (Å²) in [4.78, 5) is 0. The largest absolute Gasteiger partial charge is 0.393 e. The molecule has 0 saturated heterocycles. The van der Waals surface area contributed by atoms with Crippen LogP contribution in [-0.2, 0) is 0 Å². The standard InChI is InChI=1S/C13H22O/c14-13-4-2-10(8-13)7-12-6-9-1-3-11(12)5-9/h9-14H,1-8H2. The molecule has 5 atom stereocenters. The third kappa shape index (κ3) is 1.60. The van der Waals surface area contributed by atoms with Crippen molar-refractivity contribution in [1.82, 2.24) is 0 Å². The first-order valence-electron chi connectivity index (χ1n) is 6.49. The molecule has 0 aromatic heterocycles. The van der Waals surface area contributed by atoms with Gasteiger partial charge in [-0.15, -0.1) is 0 Å². The second-order valence-corrected chi connectivity index (χ2v) is 6.00. The van der Waals surface area contributed by atoms with Gasteiger partial charge in [0.1, 0.15) is 0 Å². The van der Waals surface area contributed by atoms with Crippen molar-refractivity contribution in [3.05, 3.63) is 0 Å². The third-order valence-corrected chi connectivity index (χ3v) is 5.03. The molecule has 2 bridgehead atoms. The molecule has 3 aliphatic rings. The number of aliphatic hydroxyl groups is 1. The van der Waals surface area contributed by atoms with Crippen LogP contribution in [0, 0.1) is 23.7 Å². The minimum Gasteiger partial charge on any atom is -0.393 e. The Balaban J connectivity index is 1.53. The first kappa shape index (κ1) is 9.21. The highest BCUT2D eigenvalue weighted by Crippen LogP contribution is 2.51. The van der Waals surface area contributed by atoms with Gasteiger partial charge in [0.05, 0.1) is 6.10 Å². The van der Waals surface area contributed by atoms with Gasteiger partial charge < -0.3 is 5.11 Å². The van der Waals surface area contributed by atoms with Crippen LogP contribution < -0.4 is 0 Å². The molecule has 1 nitrogen and oxygen atoms in total. The van der Waals surface area contributed by atoms with E-state index < -0.39 is 0 Å². The van der Waals surface area contributed by atoms with Crippen LogP contribution >= 0.6 is 0 Å². The second-order valence-electron chi connectivity index (χ2n) is 6.00. The number of hydrogen-bond donors (Lipinski definition) is 1. The fourth-order valence-electron chi connectivity index (χ4n) is 4.36. The van der Waals surface area contributed by atoms with E-state index in [9.17, 15) is 5.11 Å². The maximum atomic E-state index is 9.51. The Labute approximate surface area is 86.9 Å². The maximum absolute atomic E-state index is 9.51. The molecule has 0 heterocycles. The summed E-state index contributed by atoms with van der Waals surface area (Å²) in [7, 11) is 0. The first-order valence-corrected chi connectivity index (χ1v) is 6.49. The van der Waals surface area contributed by atoms with Crippen LogP contribution in [0.2, 0.25) is 0 Å². The lowest BCUT2D eigenvalue weighted by molar-refractivity contribution is 0.171. The highest BCUT2D eigenvalue weighted by molar-refractivity contribution is 4.91. The lowest BCUT2D eigenvalue weighted by atomic mass is 9.82. The summed E-state index contributed by atoms with van der Waals surface area (Å²) in [5, 5.41) is 9.51. The monoisotopic (exact) mass is 194 g/mol. The molecule has 0 spiro atoms. The van der Waals surface area contributed by atoms with Crippen molar-refractivity contribution in [1.29, 1.82) is 0 Å². The Kier molecular flexibility index (Phi) is 2.31. The van der Waals surface area contributed by atoms with E-state index in [1.54, 1.807) is 6.42 Å². The third-order valence-electron chi connectivity index (χ3n) is 5.03. The summed E-state index contributed by atoms with van der Waals surface area (Å²) in [5.41, 5.74) is 0. The molecule has 3 aliphatic carbocycles. The van der Waals surface area contributed by atoms with E-state index in [4.69, 9.17) is 0 Å². The average molecular weight is 194 g/mol. The topological polar surface area (TPSA) is 20.2 Å². The van der Waals surface area contributed by atoms with E-state index in [1.807, 2.05) is 0 Å². The molecular formula is C13H22O. The number of rotatable bonds is 2. The molecule has 80 valence electrons. The van der Waals surface area contributed by atoms with Gasteiger partial charge in [-0.05, 0) is 68.6 Å². The summed E-state index contributed by atoms with van der Waals surface area (Å²) in [6.45, 7) is 0. The highest BCUT2D eigenvalue weighted by atomic mass is 16.3. The molecular weight excluding hydrogens is 172 g/mol. The van der Waals surface area contributed by atoms with Crippen molar-refractivity contribution in [3.63, 3.8) is 0 Å². The Bertz CT molecular complexity index is 213. The van der Waals surface area contributed by atoms with E-state index >= 15 is 0 Å². The highest BCUT2D eigenvalue weighted by Gasteiger charge is 2.40. The van der Waals surface area contributed by atoms with Crippen molar-refractivity contribution in [2.45, 2.75) is 57.5 Å². The number of hydrogen-bond acceptors (Lipinski definition) is 1. The molecule has 3 fully saturated rings. The van der Waals surface area contributed by atoms with Gasteiger partial charge in [-0.25, -0.2) is 0 Å². The molecule has 0 aromatic rings. The fraction of sp³-hybridized carbons (Fsp3) is 1.00. The molecule has 1 N–H and O–H groups in total. The maximum Gasteiger partial charge on any atom is 0.0543 e. The van der Waals surface area contributed by atoms with E-state index in [2.05, 4.69) is 0 Å². The van der Waals surface area contributed by atoms with E-state index in [1.165, 1.54) is 32.1 Å². The predicted molar refractivity (Wildman–Crippen MR) is 56.9 cm³/mol. The number of fused-ring (bicyclic) bond motifs is 2. The van der Waals surface area contributed by atoms with Crippen molar-refractivity contribution >= 4 is 0 Å². The average Bonchev–Trinajstić information content (AvgIpc) is 2.82. The normalized spacial score (nSPS) is 51.6. The van der Waals surface area contributed by atoms with Gasteiger partial charge in [-0.1, -0.05) is 6.42 Å². The van der Waals surface area contributed by atoms with Crippen molar-refractivity contribution in [3.8, 4) is 0 Å². The Morgan fingerprint density at radius 1 is 0.929 bits per heavy atom. The summed E-state index contributed by atoms with van der Waals surface area (Å²) < 4.78 is 0. The van der Waals surface area contributed by atoms with Crippen LogP contribution in [0.4, 0.5) is 0 Å². The first-order chi connectivity index (χ1) is 6.81. The molecule has 3 rings (SSSR count). The van der Waals surface area contributed by atoms with Crippen molar-refractivity contribution in [2.75, 3.05) is 0 Å². The molecule has 5 unspecified atom stereocenters. The van der Waals surface area contributed by atoms with E-state index in [0.29, 0.717) is 0 Å². The fourth-order valence-corrected chi connectivity index (χ4v) is 4.36. The van der Waals surface area contributed by atoms with Crippen LogP contribution in [0.1, 0.15) is 51.4 Å². The van der Waals surface area contributed by atoms with Crippen molar-refractivity contribution in [2.24, 2.45) is 23.7 Å². The lowest BCUT2D eigenvalue weighted by Crippen LogP contribution is -2.14. The van der Waals surface area contributed by atoms with Gasteiger partial charge in [-0.2, -0.15) is 0 Å². The summed E-state index contributed by atoms with van der Waals surface area (Å²) in [6.07, 6.45) is 11.1. The zero-order valence-electron chi connectivity index (χ0n) is 8.99. The van der Waals surface area contributed by atoms with Gasteiger partial charge in [-0.3, -0.25) is 0 Å². The van der Waals surface area contributed by atoms with Gasteiger partial charge in [0.25, 0.3) is 0 Å². The molecule has 14 heavy (non-hydrogen) atoms. The molecule has 3 saturated carbocycles. The lowest BCUT2D eigenvalue weighted by Gasteiger charge is -2.24. The Morgan fingerprint density at radius 3 is 2.43 bits per heavy atom. The predicted octanol–water partition coefficient (Wildman–Crippen LogP) is 2.97. The van der Waals surface area contributed by atoms with Crippen LogP contribution in [0.5, 0.6) is 0 Å². The van der Waals surface area contributed by atoms with Crippen LogP contribution in [0.3, 0.4) is 0 Å². The quantitative estimate of drug-likeness (QED) is 0.716. The zero-order valence-corrected chi connectivity index (χ0v) is 8.99. The van der Waals surface area contributed by atoms with Crippen molar-refractivity contribution < 1.29 is 5.11 Å². The SMILES string of the molecule is OC1CCC(CC2CC3CCC2C3)C1. The second kappa shape index (κ2) is 3.52. The molecule has 0 radical (unpaired) electrons. The zero-order chi connectivity index (χ0) is 9.54. The minimum atomic E-state index is 0.0404. The van der Waals surface area contributed by atoms with Gasteiger partial charge in [0, 0.05) is 0 Å². The van der Waals surface area contributed by atoms with Crippen LogP contribution in [0.25, 0.3) is 0 Å². The Hall–Kier alpha value is -0.0400. The minimum absolute atomic E-state index is 0.0404. The Morgan fingerprint density at radius 2 is 1.86 bits per heavy atom. The molecule has 1 heteroatoms. The smallest absolute Gasteiger partial charge is 0.0543 e. The number of aliphatic hydroxyl groups excluding tert-OH is 1. The van der Waals surface area contributed by atoms with Crippen LogP contribution in [0.15, 0.2) is 0 Å².